The fraction of sp³-hybridized carbons (Fsp3) is 0.778. The lowest BCUT2D eigenvalue weighted by atomic mass is 9.77. The average molecular weight is 198 g/mol. The Bertz CT molecular complexity index is 269. The number of rotatable bonds is 0. The van der Waals surface area contributed by atoms with E-state index in [1.807, 2.05) is 0 Å². The maximum absolute atomic E-state index is 11.6. The zero-order valence-corrected chi connectivity index (χ0v) is 7.95. The average Bonchev–Trinajstić information content (AvgIpc) is 2.49. The van der Waals surface area contributed by atoms with Gasteiger partial charge in [0.1, 0.15) is 0 Å². The Morgan fingerprint density at radius 3 is 2.43 bits per heavy atom. The predicted molar refractivity (Wildman–Crippen MR) is 48.9 cm³/mol. The van der Waals surface area contributed by atoms with Crippen LogP contribution in [-0.2, 0) is 4.79 Å². The van der Waals surface area contributed by atoms with Crippen molar-refractivity contribution >= 4 is 12.0 Å². The fourth-order valence-corrected chi connectivity index (χ4v) is 2.32. The molecule has 0 aromatic carbocycles. The molecule has 2 amide bonds. The molecule has 2 aliphatic heterocycles. The van der Waals surface area contributed by atoms with Crippen LogP contribution in [0.3, 0.4) is 0 Å². The number of piperidine rings is 1. The molecule has 2 N–H and O–H groups in total. The van der Waals surface area contributed by atoms with E-state index in [9.17, 15) is 9.59 Å². The SMILES string of the molecule is O=C(O)N1CCC2(CCNC2=O)CC1. The van der Waals surface area contributed by atoms with Crippen molar-refractivity contribution in [3.05, 3.63) is 0 Å². The van der Waals surface area contributed by atoms with Crippen LogP contribution in [0.15, 0.2) is 0 Å². The highest BCUT2D eigenvalue weighted by molar-refractivity contribution is 5.85. The second kappa shape index (κ2) is 3.15. The molecular weight excluding hydrogens is 184 g/mol. The van der Waals surface area contributed by atoms with Gasteiger partial charge in [0.2, 0.25) is 5.91 Å². The molecule has 0 aromatic rings. The smallest absolute Gasteiger partial charge is 0.407 e. The van der Waals surface area contributed by atoms with Crippen LogP contribution in [0, 0.1) is 5.41 Å². The molecule has 0 unspecified atom stereocenters. The Kier molecular flexibility index (Phi) is 2.09. The maximum atomic E-state index is 11.6. The molecule has 14 heavy (non-hydrogen) atoms. The number of amides is 2. The molecule has 0 atom stereocenters. The zero-order chi connectivity index (χ0) is 10.2. The highest BCUT2D eigenvalue weighted by atomic mass is 16.4. The van der Waals surface area contributed by atoms with Crippen molar-refractivity contribution in [1.82, 2.24) is 10.2 Å². The molecule has 2 heterocycles. The standard InChI is InChI=1S/C9H14N2O3/c12-7-9(1-4-10-7)2-5-11(6-3-9)8(13)14/h1-6H2,(H,10,12)(H,13,14). The molecule has 0 aromatic heterocycles. The molecule has 5 nitrogen and oxygen atoms in total. The Morgan fingerprint density at radius 2 is 2.00 bits per heavy atom. The Balaban J connectivity index is 2.01. The summed E-state index contributed by atoms with van der Waals surface area (Å²) in [6.45, 7) is 1.72. The molecule has 2 aliphatic rings. The minimum atomic E-state index is -0.877. The van der Waals surface area contributed by atoms with E-state index in [-0.39, 0.29) is 11.3 Å². The fourth-order valence-electron chi connectivity index (χ4n) is 2.32. The minimum Gasteiger partial charge on any atom is -0.465 e. The van der Waals surface area contributed by atoms with E-state index in [0.717, 1.165) is 13.0 Å². The molecule has 0 saturated carbocycles. The first-order valence-electron chi connectivity index (χ1n) is 4.90. The third-order valence-electron chi connectivity index (χ3n) is 3.36. The summed E-state index contributed by atoms with van der Waals surface area (Å²) < 4.78 is 0. The largest absolute Gasteiger partial charge is 0.465 e. The van der Waals surface area contributed by atoms with Gasteiger partial charge in [-0.1, -0.05) is 0 Å². The first-order valence-corrected chi connectivity index (χ1v) is 4.90. The van der Waals surface area contributed by atoms with Gasteiger partial charge in [-0.05, 0) is 19.3 Å². The molecule has 78 valence electrons. The summed E-state index contributed by atoms with van der Waals surface area (Å²) in [6.07, 6.45) is 1.33. The molecule has 0 bridgehead atoms. The van der Waals surface area contributed by atoms with E-state index >= 15 is 0 Å². The van der Waals surface area contributed by atoms with Crippen molar-refractivity contribution < 1.29 is 14.7 Å². The van der Waals surface area contributed by atoms with E-state index in [2.05, 4.69) is 5.32 Å². The summed E-state index contributed by atoms with van der Waals surface area (Å²) in [4.78, 5) is 23.6. The van der Waals surface area contributed by atoms with Gasteiger partial charge < -0.3 is 15.3 Å². The van der Waals surface area contributed by atoms with Crippen molar-refractivity contribution in [2.75, 3.05) is 19.6 Å². The number of carbonyl (C=O) groups excluding carboxylic acids is 1. The molecule has 0 radical (unpaired) electrons. The van der Waals surface area contributed by atoms with Gasteiger partial charge in [-0.2, -0.15) is 0 Å². The summed E-state index contributed by atoms with van der Waals surface area (Å²) in [6, 6.07) is 0. The minimum absolute atomic E-state index is 0.113. The normalized spacial score (nSPS) is 25.1. The van der Waals surface area contributed by atoms with Gasteiger partial charge in [0.05, 0.1) is 5.41 Å². The number of nitrogens with one attached hydrogen (secondary N) is 1. The molecule has 2 fully saturated rings. The number of carbonyl (C=O) groups is 2. The van der Waals surface area contributed by atoms with Gasteiger partial charge in [-0.3, -0.25) is 4.79 Å². The van der Waals surface area contributed by atoms with Crippen molar-refractivity contribution in [1.29, 1.82) is 0 Å². The van der Waals surface area contributed by atoms with Gasteiger partial charge in [-0.15, -0.1) is 0 Å². The van der Waals surface area contributed by atoms with Crippen LogP contribution in [0.2, 0.25) is 0 Å². The monoisotopic (exact) mass is 198 g/mol. The molecule has 2 rings (SSSR count). The lowest BCUT2D eigenvalue weighted by molar-refractivity contribution is -0.129. The number of carboxylic acid groups (broad SMARTS) is 1. The van der Waals surface area contributed by atoms with Crippen LogP contribution in [0.1, 0.15) is 19.3 Å². The first kappa shape index (κ1) is 9.30. The van der Waals surface area contributed by atoms with Crippen LogP contribution < -0.4 is 5.32 Å². The molecule has 2 saturated heterocycles. The molecule has 5 heteroatoms. The molecule has 1 spiro atoms. The summed E-state index contributed by atoms with van der Waals surface area (Å²) in [5.41, 5.74) is -0.258. The van der Waals surface area contributed by atoms with Crippen LogP contribution in [0.25, 0.3) is 0 Å². The number of hydrogen-bond acceptors (Lipinski definition) is 2. The van der Waals surface area contributed by atoms with E-state index in [1.165, 1.54) is 4.90 Å². The maximum Gasteiger partial charge on any atom is 0.407 e. The Hall–Kier alpha value is -1.26. The van der Waals surface area contributed by atoms with Crippen LogP contribution in [-0.4, -0.2) is 41.6 Å². The van der Waals surface area contributed by atoms with E-state index in [4.69, 9.17) is 5.11 Å². The number of nitrogens with zero attached hydrogens (tertiary/aromatic N) is 1. The van der Waals surface area contributed by atoms with Gasteiger partial charge in [-0.25, -0.2) is 4.79 Å². The summed E-state index contributed by atoms with van der Waals surface area (Å²) >= 11 is 0. The summed E-state index contributed by atoms with van der Waals surface area (Å²) in [5, 5.41) is 11.6. The van der Waals surface area contributed by atoms with E-state index < -0.39 is 6.09 Å². The van der Waals surface area contributed by atoms with Gasteiger partial charge in [0.15, 0.2) is 0 Å². The van der Waals surface area contributed by atoms with Crippen molar-refractivity contribution in [3.8, 4) is 0 Å². The third-order valence-corrected chi connectivity index (χ3v) is 3.36. The van der Waals surface area contributed by atoms with E-state index in [0.29, 0.717) is 25.9 Å². The van der Waals surface area contributed by atoms with Crippen molar-refractivity contribution in [2.24, 2.45) is 5.41 Å². The Morgan fingerprint density at radius 1 is 1.36 bits per heavy atom. The topological polar surface area (TPSA) is 69.6 Å². The second-order valence-corrected chi connectivity index (χ2v) is 4.06. The highest BCUT2D eigenvalue weighted by Crippen LogP contribution is 2.37. The van der Waals surface area contributed by atoms with Gasteiger partial charge in [0.25, 0.3) is 0 Å². The second-order valence-electron chi connectivity index (χ2n) is 4.06. The van der Waals surface area contributed by atoms with Crippen molar-refractivity contribution in [2.45, 2.75) is 19.3 Å². The lowest BCUT2D eigenvalue weighted by Gasteiger charge is -2.35. The number of hydrogen-bond donors (Lipinski definition) is 2. The lowest BCUT2D eigenvalue weighted by Crippen LogP contribution is -2.45. The summed E-state index contributed by atoms with van der Waals surface area (Å²) in [5.74, 6) is 0.113. The van der Waals surface area contributed by atoms with Crippen LogP contribution in [0.4, 0.5) is 4.79 Å². The quantitative estimate of drug-likeness (QED) is 0.587. The predicted octanol–water partition coefficient (Wildman–Crippen LogP) is 0.267. The summed E-state index contributed by atoms with van der Waals surface area (Å²) in [7, 11) is 0. The zero-order valence-electron chi connectivity index (χ0n) is 7.95. The third kappa shape index (κ3) is 1.32. The van der Waals surface area contributed by atoms with Crippen LogP contribution in [0.5, 0.6) is 0 Å². The Labute approximate surface area is 82.1 Å². The first-order chi connectivity index (χ1) is 6.64. The molecular formula is C9H14N2O3. The van der Waals surface area contributed by atoms with Gasteiger partial charge in [0, 0.05) is 19.6 Å². The van der Waals surface area contributed by atoms with E-state index in [1.54, 1.807) is 0 Å². The van der Waals surface area contributed by atoms with Crippen LogP contribution >= 0.6 is 0 Å². The molecule has 0 aliphatic carbocycles. The van der Waals surface area contributed by atoms with Crippen molar-refractivity contribution in [3.63, 3.8) is 0 Å². The number of likely N-dealkylation sites (tertiary alicyclic amines) is 1. The van der Waals surface area contributed by atoms with Gasteiger partial charge >= 0.3 is 6.09 Å². The highest BCUT2D eigenvalue weighted by Gasteiger charge is 2.44.